The lowest BCUT2D eigenvalue weighted by Crippen LogP contribution is -2.30. The van der Waals surface area contributed by atoms with Crippen molar-refractivity contribution in [3.63, 3.8) is 0 Å². The van der Waals surface area contributed by atoms with Gasteiger partial charge in [-0.05, 0) is 19.4 Å². The van der Waals surface area contributed by atoms with E-state index in [1.54, 1.807) is 7.11 Å². The Morgan fingerprint density at radius 1 is 1.27 bits per heavy atom. The topological polar surface area (TPSA) is 38.7 Å². The van der Waals surface area contributed by atoms with Gasteiger partial charge in [-0.3, -0.25) is 0 Å². The zero-order chi connectivity index (χ0) is 11.3. The molecule has 0 radical (unpaired) electrons. The molecule has 1 aromatic carbocycles. The summed E-state index contributed by atoms with van der Waals surface area (Å²) in [5, 5.41) is 9.26. The molecule has 0 heterocycles. The molecule has 1 N–H and O–H groups in total. The van der Waals surface area contributed by atoms with E-state index in [1.807, 2.05) is 44.2 Å². The molecule has 15 heavy (non-hydrogen) atoms. The van der Waals surface area contributed by atoms with Gasteiger partial charge in [0.1, 0.15) is 6.10 Å². The molecule has 0 saturated carbocycles. The highest BCUT2D eigenvalue weighted by atomic mass is 16.7. The quantitative estimate of drug-likeness (QED) is 0.756. The van der Waals surface area contributed by atoms with Crippen LogP contribution in [-0.2, 0) is 9.47 Å². The fourth-order valence-corrected chi connectivity index (χ4v) is 1.27. The number of aliphatic hydroxyl groups is 1. The van der Waals surface area contributed by atoms with Gasteiger partial charge < -0.3 is 14.6 Å². The van der Waals surface area contributed by atoms with Crippen molar-refractivity contribution in [1.29, 1.82) is 0 Å². The standard InChI is InChI=1S/C12H18O3/c1-12(2,14-3)15-11(9-13)10-7-5-4-6-8-10/h4-8,11,13H,9H2,1-3H3. The minimum atomic E-state index is -0.691. The number of ether oxygens (including phenoxy) is 2. The van der Waals surface area contributed by atoms with Crippen molar-refractivity contribution in [2.75, 3.05) is 13.7 Å². The average molecular weight is 210 g/mol. The zero-order valence-corrected chi connectivity index (χ0v) is 9.43. The predicted octanol–water partition coefficient (Wildman–Crippen LogP) is 2.12. The van der Waals surface area contributed by atoms with E-state index in [-0.39, 0.29) is 12.7 Å². The number of benzene rings is 1. The minimum absolute atomic E-state index is 0.0587. The Kier molecular flexibility index (Phi) is 4.27. The van der Waals surface area contributed by atoms with Crippen LogP contribution in [0.1, 0.15) is 25.5 Å². The van der Waals surface area contributed by atoms with E-state index in [0.717, 1.165) is 5.56 Å². The van der Waals surface area contributed by atoms with E-state index in [0.29, 0.717) is 0 Å². The number of methoxy groups -OCH3 is 1. The van der Waals surface area contributed by atoms with Crippen LogP contribution >= 0.6 is 0 Å². The first-order valence-electron chi connectivity index (χ1n) is 4.98. The van der Waals surface area contributed by atoms with Gasteiger partial charge in [0.05, 0.1) is 6.61 Å². The number of hydrogen-bond acceptors (Lipinski definition) is 3. The molecule has 0 aromatic heterocycles. The summed E-state index contributed by atoms with van der Waals surface area (Å²) in [6.07, 6.45) is -0.346. The van der Waals surface area contributed by atoms with Crippen LogP contribution in [0.3, 0.4) is 0 Å². The van der Waals surface area contributed by atoms with E-state index < -0.39 is 5.79 Å². The van der Waals surface area contributed by atoms with Crippen molar-refractivity contribution >= 4 is 0 Å². The molecule has 1 aromatic rings. The van der Waals surface area contributed by atoms with Gasteiger partial charge in [0.2, 0.25) is 0 Å². The largest absolute Gasteiger partial charge is 0.393 e. The Morgan fingerprint density at radius 2 is 1.87 bits per heavy atom. The Hall–Kier alpha value is -0.900. The minimum Gasteiger partial charge on any atom is -0.393 e. The summed E-state index contributed by atoms with van der Waals surface area (Å²) in [5.41, 5.74) is 0.949. The molecule has 1 atom stereocenters. The van der Waals surface area contributed by atoms with Crippen molar-refractivity contribution in [3.8, 4) is 0 Å². The average Bonchev–Trinajstić information content (AvgIpc) is 2.27. The van der Waals surface area contributed by atoms with Gasteiger partial charge in [-0.25, -0.2) is 0 Å². The second-order valence-corrected chi connectivity index (χ2v) is 3.80. The monoisotopic (exact) mass is 210 g/mol. The summed E-state index contributed by atoms with van der Waals surface area (Å²) in [4.78, 5) is 0. The normalized spacial score (nSPS) is 13.9. The fourth-order valence-electron chi connectivity index (χ4n) is 1.27. The summed E-state index contributed by atoms with van der Waals surface area (Å²) < 4.78 is 10.8. The lowest BCUT2D eigenvalue weighted by Gasteiger charge is -2.28. The van der Waals surface area contributed by atoms with Crippen LogP contribution in [0.5, 0.6) is 0 Å². The van der Waals surface area contributed by atoms with Crippen LogP contribution in [0.2, 0.25) is 0 Å². The summed E-state index contributed by atoms with van der Waals surface area (Å²) in [5.74, 6) is -0.691. The second-order valence-electron chi connectivity index (χ2n) is 3.80. The van der Waals surface area contributed by atoms with Crippen LogP contribution < -0.4 is 0 Å². The first kappa shape index (κ1) is 12.2. The van der Waals surface area contributed by atoms with E-state index in [4.69, 9.17) is 9.47 Å². The maximum Gasteiger partial charge on any atom is 0.163 e. The summed E-state index contributed by atoms with van der Waals surface area (Å²) in [7, 11) is 1.58. The molecule has 0 bridgehead atoms. The molecule has 84 valence electrons. The third-order valence-corrected chi connectivity index (χ3v) is 2.25. The highest BCUT2D eigenvalue weighted by molar-refractivity contribution is 5.17. The summed E-state index contributed by atoms with van der Waals surface area (Å²) >= 11 is 0. The van der Waals surface area contributed by atoms with E-state index in [9.17, 15) is 5.11 Å². The maximum absolute atomic E-state index is 9.26. The number of aliphatic hydroxyl groups excluding tert-OH is 1. The van der Waals surface area contributed by atoms with Gasteiger partial charge in [0.25, 0.3) is 0 Å². The van der Waals surface area contributed by atoms with Gasteiger partial charge in [-0.15, -0.1) is 0 Å². The third kappa shape index (κ3) is 3.63. The van der Waals surface area contributed by atoms with Crippen LogP contribution in [0, 0.1) is 0 Å². The first-order valence-corrected chi connectivity index (χ1v) is 4.98. The van der Waals surface area contributed by atoms with Gasteiger partial charge in [0, 0.05) is 7.11 Å². The summed E-state index contributed by atoms with van der Waals surface area (Å²) in [6.45, 7) is 3.58. The van der Waals surface area contributed by atoms with Gasteiger partial charge >= 0.3 is 0 Å². The highest BCUT2D eigenvalue weighted by Crippen LogP contribution is 2.23. The Labute approximate surface area is 90.6 Å². The number of rotatable bonds is 5. The SMILES string of the molecule is COC(C)(C)OC(CO)c1ccccc1. The zero-order valence-electron chi connectivity index (χ0n) is 9.43. The van der Waals surface area contributed by atoms with Gasteiger partial charge in [0.15, 0.2) is 5.79 Å². The Balaban J connectivity index is 2.73. The lowest BCUT2D eigenvalue weighted by molar-refractivity contribution is -0.231. The first-order chi connectivity index (χ1) is 7.09. The van der Waals surface area contributed by atoms with Crippen molar-refractivity contribution in [3.05, 3.63) is 35.9 Å². The van der Waals surface area contributed by atoms with Gasteiger partial charge in [-0.1, -0.05) is 30.3 Å². The molecular formula is C12H18O3. The molecule has 3 heteroatoms. The molecule has 0 saturated heterocycles. The Morgan fingerprint density at radius 3 is 2.33 bits per heavy atom. The molecule has 0 fully saturated rings. The van der Waals surface area contributed by atoms with Crippen molar-refractivity contribution in [2.24, 2.45) is 0 Å². The number of hydrogen-bond donors (Lipinski definition) is 1. The molecule has 1 rings (SSSR count). The molecule has 1 unspecified atom stereocenters. The lowest BCUT2D eigenvalue weighted by atomic mass is 10.1. The van der Waals surface area contributed by atoms with Crippen LogP contribution in [0.4, 0.5) is 0 Å². The molecule has 0 spiro atoms. The molecular weight excluding hydrogens is 192 g/mol. The fraction of sp³-hybridized carbons (Fsp3) is 0.500. The van der Waals surface area contributed by atoms with Crippen molar-refractivity contribution in [2.45, 2.75) is 25.7 Å². The van der Waals surface area contributed by atoms with Crippen LogP contribution in [0.15, 0.2) is 30.3 Å². The van der Waals surface area contributed by atoms with Gasteiger partial charge in [-0.2, -0.15) is 0 Å². The maximum atomic E-state index is 9.26. The second kappa shape index (κ2) is 5.26. The molecule has 0 aliphatic rings. The van der Waals surface area contributed by atoms with E-state index in [1.165, 1.54) is 0 Å². The third-order valence-electron chi connectivity index (χ3n) is 2.25. The van der Waals surface area contributed by atoms with E-state index in [2.05, 4.69) is 0 Å². The van der Waals surface area contributed by atoms with E-state index >= 15 is 0 Å². The molecule has 0 amide bonds. The predicted molar refractivity (Wildman–Crippen MR) is 58.4 cm³/mol. The van der Waals surface area contributed by atoms with Crippen LogP contribution in [-0.4, -0.2) is 24.6 Å². The van der Waals surface area contributed by atoms with Crippen molar-refractivity contribution in [1.82, 2.24) is 0 Å². The highest BCUT2D eigenvalue weighted by Gasteiger charge is 2.23. The smallest absolute Gasteiger partial charge is 0.163 e. The summed E-state index contributed by atoms with van der Waals surface area (Å²) in [6, 6.07) is 9.61. The van der Waals surface area contributed by atoms with Crippen LogP contribution in [0.25, 0.3) is 0 Å². The van der Waals surface area contributed by atoms with Crippen molar-refractivity contribution < 1.29 is 14.6 Å². The Bertz CT molecular complexity index is 282. The molecule has 3 nitrogen and oxygen atoms in total. The molecule has 0 aliphatic heterocycles. The molecule has 0 aliphatic carbocycles.